The van der Waals surface area contributed by atoms with E-state index >= 15 is 0 Å². The Balaban J connectivity index is 2.08. The summed E-state index contributed by atoms with van der Waals surface area (Å²) in [5, 5.41) is 6.42. The minimum atomic E-state index is -0.0524. The van der Waals surface area contributed by atoms with Gasteiger partial charge in [-0.15, -0.1) is 0 Å². The van der Waals surface area contributed by atoms with E-state index in [9.17, 15) is 4.79 Å². The number of carbonyl (C=O) groups is 1. The van der Waals surface area contributed by atoms with E-state index in [4.69, 9.17) is 4.74 Å². The Hall–Kier alpha value is -1.55. The molecule has 2 N–H and O–H groups in total. The van der Waals surface area contributed by atoms with Gasteiger partial charge in [0.2, 0.25) is 5.91 Å². The zero-order chi connectivity index (χ0) is 13.7. The Labute approximate surface area is 114 Å². The van der Waals surface area contributed by atoms with Gasteiger partial charge >= 0.3 is 0 Å². The fourth-order valence-electron chi connectivity index (χ4n) is 2.51. The van der Waals surface area contributed by atoms with Crippen molar-refractivity contribution in [3.05, 3.63) is 29.8 Å². The van der Waals surface area contributed by atoms with Crippen LogP contribution in [-0.2, 0) is 9.53 Å². The van der Waals surface area contributed by atoms with Crippen molar-refractivity contribution in [1.29, 1.82) is 0 Å². The van der Waals surface area contributed by atoms with Crippen LogP contribution in [0.25, 0.3) is 0 Å². The second-order valence-corrected chi connectivity index (χ2v) is 4.92. The van der Waals surface area contributed by atoms with Crippen LogP contribution in [0.3, 0.4) is 0 Å². The van der Waals surface area contributed by atoms with E-state index in [1.807, 2.05) is 24.3 Å². The van der Waals surface area contributed by atoms with E-state index in [2.05, 4.69) is 17.6 Å². The van der Waals surface area contributed by atoms with Crippen LogP contribution < -0.4 is 10.6 Å². The molecule has 1 aromatic carbocycles. The van der Waals surface area contributed by atoms with Gasteiger partial charge in [-0.1, -0.05) is 25.1 Å². The molecule has 1 aliphatic rings. The maximum absolute atomic E-state index is 12.4. The highest BCUT2D eigenvalue weighted by molar-refractivity contribution is 5.86. The number of nitrogens with one attached hydrogen (secondary N) is 2. The van der Waals surface area contributed by atoms with Gasteiger partial charge in [-0.2, -0.15) is 0 Å². The molecular formula is C15H22N2O2. The SMILES string of the molecule is CCC(COC)NC(=O)C1CCNc2ccccc21. The first-order chi connectivity index (χ1) is 9.26. The first kappa shape index (κ1) is 13.9. The molecule has 1 aromatic rings. The van der Waals surface area contributed by atoms with Gasteiger partial charge in [0.1, 0.15) is 0 Å². The summed E-state index contributed by atoms with van der Waals surface area (Å²) >= 11 is 0. The predicted octanol–water partition coefficient (Wildman–Crippen LogP) is 2.13. The molecule has 2 unspecified atom stereocenters. The zero-order valence-electron chi connectivity index (χ0n) is 11.6. The average Bonchev–Trinajstić information content (AvgIpc) is 2.46. The highest BCUT2D eigenvalue weighted by Crippen LogP contribution is 2.31. The second kappa shape index (κ2) is 6.57. The summed E-state index contributed by atoms with van der Waals surface area (Å²) in [6.07, 6.45) is 1.72. The van der Waals surface area contributed by atoms with Crippen LogP contribution in [-0.4, -0.2) is 32.2 Å². The largest absolute Gasteiger partial charge is 0.385 e. The Kier molecular flexibility index (Phi) is 4.80. The maximum Gasteiger partial charge on any atom is 0.227 e. The molecule has 104 valence electrons. The summed E-state index contributed by atoms with van der Waals surface area (Å²) in [4.78, 5) is 12.4. The van der Waals surface area contributed by atoms with Gasteiger partial charge in [0.25, 0.3) is 0 Å². The third kappa shape index (κ3) is 3.26. The van der Waals surface area contributed by atoms with E-state index in [-0.39, 0.29) is 17.9 Å². The lowest BCUT2D eigenvalue weighted by Crippen LogP contribution is -2.41. The summed E-state index contributed by atoms with van der Waals surface area (Å²) in [7, 11) is 1.66. The van der Waals surface area contributed by atoms with Crippen LogP contribution in [0, 0.1) is 0 Å². The summed E-state index contributed by atoms with van der Waals surface area (Å²) in [5.74, 6) is 0.0567. The molecule has 0 spiro atoms. The number of para-hydroxylation sites is 1. The first-order valence-corrected chi connectivity index (χ1v) is 6.88. The van der Waals surface area contributed by atoms with Crippen molar-refractivity contribution in [3.8, 4) is 0 Å². The number of rotatable bonds is 5. The lowest BCUT2D eigenvalue weighted by Gasteiger charge is -2.27. The molecule has 2 atom stereocenters. The van der Waals surface area contributed by atoms with Gasteiger partial charge in [-0.25, -0.2) is 0 Å². The van der Waals surface area contributed by atoms with Crippen molar-refractivity contribution in [1.82, 2.24) is 5.32 Å². The maximum atomic E-state index is 12.4. The number of hydrogen-bond acceptors (Lipinski definition) is 3. The van der Waals surface area contributed by atoms with Crippen LogP contribution in [0.1, 0.15) is 31.2 Å². The Morgan fingerprint density at radius 2 is 2.32 bits per heavy atom. The Bertz CT molecular complexity index is 434. The van der Waals surface area contributed by atoms with Gasteiger partial charge in [-0.05, 0) is 24.5 Å². The van der Waals surface area contributed by atoms with Crippen LogP contribution in [0.5, 0.6) is 0 Å². The molecule has 0 aliphatic carbocycles. The molecule has 4 heteroatoms. The van der Waals surface area contributed by atoms with Gasteiger partial charge < -0.3 is 15.4 Å². The molecule has 0 bridgehead atoms. The van der Waals surface area contributed by atoms with Crippen molar-refractivity contribution in [2.45, 2.75) is 31.7 Å². The summed E-state index contributed by atoms with van der Waals surface area (Å²) in [5.41, 5.74) is 2.17. The van der Waals surface area contributed by atoms with E-state index in [0.29, 0.717) is 6.61 Å². The topological polar surface area (TPSA) is 50.4 Å². The van der Waals surface area contributed by atoms with Crippen molar-refractivity contribution < 1.29 is 9.53 Å². The number of benzene rings is 1. The van der Waals surface area contributed by atoms with E-state index in [1.54, 1.807) is 7.11 Å². The highest BCUT2D eigenvalue weighted by atomic mass is 16.5. The van der Waals surface area contributed by atoms with Gasteiger partial charge in [0.05, 0.1) is 18.6 Å². The van der Waals surface area contributed by atoms with Gasteiger partial charge in [0, 0.05) is 19.3 Å². The fourth-order valence-corrected chi connectivity index (χ4v) is 2.51. The van der Waals surface area contributed by atoms with E-state index < -0.39 is 0 Å². The van der Waals surface area contributed by atoms with Crippen LogP contribution >= 0.6 is 0 Å². The summed E-state index contributed by atoms with van der Waals surface area (Å²) in [6, 6.07) is 8.13. The number of methoxy groups -OCH3 is 1. The smallest absolute Gasteiger partial charge is 0.227 e. The zero-order valence-corrected chi connectivity index (χ0v) is 11.6. The van der Waals surface area contributed by atoms with Gasteiger partial charge in [-0.3, -0.25) is 4.79 Å². The molecule has 0 saturated heterocycles. The molecule has 1 aliphatic heterocycles. The fraction of sp³-hybridized carbons (Fsp3) is 0.533. The molecule has 1 heterocycles. The standard InChI is InChI=1S/C15H22N2O2/c1-3-11(10-19-2)17-15(18)13-8-9-16-14-7-5-4-6-12(13)14/h4-7,11,13,16H,3,8-10H2,1-2H3,(H,17,18). The number of anilines is 1. The average molecular weight is 262 g/mol. The molecule has 0 saturated carbocycles. The molecule has 2 rings (SSSR count). The van der Waals surface area contributed by atoms with E-state index in [0.717, 1.165) is 30.6 Å². The first-order valence-electron chi connectivity index (χ1n) is 6.88. The monoisotopic (exact) mass is 262 g/mol. The molecular weight excluding hydrogens is 240 g/mol. The Morgan fingerprint density at radius 3 is 3.05 bits per heavy atom. The second-order valence-electron chi connectivity index (χ2n) is 4.92. The minimum absolute atomic E-state index is 0.0524. The van der Waals surface area contributed by atoms with Crippen molar-refractivity contribution in [2.75, 3.05) is 25.6 Å². The van der Waals surface area contributed by atoms with Crippen LogP contribution in [0.15, 0.2) is 24.3 Å². The molecule has 0 fully saturated rings. The number of carbonyl (C=O) groups excluding carboxylic acids is 1. The quantitative estimate of drug-likeness (QED) is 0.854. The molecule has 0 radical (unpaired) electrons. The predicted molar refractivity (Wildman–Crippen MR) is 76.4 cm³/mol. The molecule has 0 aromatic heterocycles. The normalized spacial score (nSPS) is 19.2. The van der Waals surface area contributed by atoms with Crippen molar-refractivity contribution in [2.24, 2.45) is 0 Å². The Morgan fingerprint density at radius 1 is 1.53 bits per heavy atom. The third-order valence-electron chi connectivity index (χ3n) is 3.61. The van der Waals surface area contributed by atoms with Crippen molar-refractivity contribution in [3.63, 3.8) is 0 Å². The van der Waals surface area contributed by atoms with Crippen LogP contribution in [0.2, 0.25) is 0 Å². The van der Waals surface area contributed by atoms with Crippen LogP contribution in [0.4, 0.5) is 5.69 Å². The summed E-state index contributed by atoms with van der Waals surface area (Å²) < 4.78 is 5.13. The number of hydrogen-bond donors (Lipinski definition) is 2. The highest BCUT2D eigenvalue weighted by Gasteiger charge is 2.27. The lowest BCUT2D eigenvalue weighted by atomic mass is 9.90. The number of ether oxygens (including phenoxy) is 1. The third-order valence-corrected chi connectivity index (χ3v) is 3.61. The van der Waals surface area contributed by atoms with Gasteiger partial charge in [0.15, 0.2) is 0 Å². The minimum Gasteiger partial charge on any atom is -0.385 e. The lowest BCUT2D eigenvalue weighted by molar-refractivity contribution is -0.123. The molecule has 1 amide bonds. The number of amides is 1. The molecule has 19 heavy (non-hydrogen) atoms. The molecule has 4 nitrogen and oxygen atoms in total. The van der Waals surface area contributed by atoms with E-state index in [1.165, 1.54) is 0 Å². The number of fused-ring (bicyclic) bond motifs is 1. The van der Waals surface area contributed by atoms with Crippen molar-refractivity contribution >= 4 is 11.6 Å². The summed E-state index contributed by atoms with van der Waals surface area (Å²) in [6.45, 7) is 3.46.